The highest BCUT2D eigenvalue weighted by Crippen LogP contribution is 2.26. The lowest BCUT2D eigenvalue weighted by Gasteiger charge is -2.18. The second-order valence-corrected chi connectivity index (χ2v) is 6.16. The summed E-state index contributed by atoms with van der Waals surface area (Å²) in [6.45, 7) is 7.34. The maximum Gasteiger partial charge on any atom is 0.514 e. The number of hydrogen-bond acceptors (Lipinski definition) is 4. The van der Waals surface area contributed by atoms with E-state index in [0.29, 0.717) is 5.75 Å². The molecule has 0 aliphatic carbocycles. The number of rotatable bonds is 2. The Kier molecular flexibility index (Phi) is 4.40. The van der Waals surface area contributed by atoms with Gasteiger partial charge in [0.1, 0.15) is 11.4 Å². The third-order valence-electron chi connectivity index (χ3n) is 3.06. The van der Waals surface area contributed by atoms with Crippen LogP contribution in [0, 0.1) is 6.92 Å². The lowest BCUT2D eigenvalue weighted by atomic mass is 10.0. The molecule has 4 nitrogen and oxygen atoms in total. The summed E-state index contributed by atoms with van der Waals surface area (Å²) in [4.78, 5) is 11.6. The molecule has 0 aliphatic heterocycles. The largest absolute Gasteiger partial charge is 0.514 e. The smallest absolute Gasteiger partial charge is 0.428 e. The summed E-state index contributed by atoms with van der Waals surface area (Å²) >= 11 is 0. The Morgan fingerprint density at radius 2 is 1.59 bits per heavy atom. The topological polar surface area (TPSA) is 61.5 Å². The zero-order valence-electron chi connectivity index (χ0n) is 13.3. The van der Waals surface area contributed by atoms with Crippen LogP contribution in [0.5, 0.6) is 5.75 Å². The third kappa shape index (κ3) is 4.25. The van der Waals surface area contributed by atoms with Gasteiger partial charge < -0.3 is 15.2 Å². The molecule has 22 heavy (non-hydrogen) atoms. The maximum absolute atomic E-state index is 11.6. The molecule has 0 bridgehead atoms. The van der Waals surface area contributed by atoms with Gasteiger partial charge in [0.2, 0.25) is 0 Å². The maximum atomic E-state index is 11.6. The minimum atomic E-state index is -0.708. The lowest BCUT2D eigenvalue weighted by molar-refractivity contribution is 0.0206. The van der Waals surface area contributed by atoms with E-state index < -0.39 is 11.8 Å². The van der Waals surface area contributed by atoms with Crippen LogP contribution in [0.4, 0.5) is 10.5 Å². The third-order valence-corrected chi connectivity index (χ3v) is 3.06. The number of nitrogens with two attached hydrogens (primary N) is 1. The lowest BCUT2D eigenvalue weighted by Crippen LogP contribution is -2.25. The van der Waals surface area contributed by atoms with Gasteiger partial charge in [-0.05, 0) is 62.6 Å². The van der Waals surface area contributed by atoms with E-state index in [9.17, 15) is 4.79 Å². The van der Waals surface area contributed by atoms with E-state index in [1.807, 2.05) is 37.3 Å². The van der Waals surface area contributed by atoms with Gasteiger partial charge in [0.25, 0.3) is 0 Å². The predicted octanol–water partition coefficient (Wildman–Crippen LogP) is 4.56. The number of anilines is 1. The summed E-state index contributed by atoms with van der Waals surface area (Å²) in [7, 11) is 0. The molecule has 2 rings (SSSR count). The Hall–Kier alpha value is -2.49. The first-order chi connectivity index (χ1) is 10.2. The first kappa shape index (κ1) is 15.9. The van der Waals surface area contributed by atoms with Crippen molar-refractivity contribution in [2.45, 2.75) is 33.3 Å². The molecule has 0 aromatic heterocycles. The van der Waals surface area contributed by atoms with E-state index in [1.54, 1.807) is 32.9 Å². The normalized spacial score (nSPS) is 11.1. The predicted molar refractivity (Wildman–Crippen MR) is 87.9 cm³/mol. The molecule has 0 saturated heterocycles. The molecule has 116 valence electrons. The number of nitrogen functional groups attached to an aromatic ring is 1. The van der Waals surface area contributed by atoms with E-state index in [2.05, 4.69) is 0 Å². The van der Waals surface area contributed by atoms with Crippen LogP contribution < -0.4 is 10.5 Å². The van der Waals surface area contributed by atoms with Crippen LogP contribution in [0.15, 0.2) is 42.5 Å². The fourth-order valence-electron chi connectivity index (χ4n) is 1.90. The molecular weight excluding hydrogens is 278 g/mol. The molecule has 0 heterocycles. The molecule has 4 heteroatoms. The van der Waals surface area contributed by atoms with Gasteiger partial charge in [-0.25, -0.2) is 4.79 Å². The number of carbonyl (C=O) groups is 1. The van der Waals surface area contributed by atoms with Gasteiger partial charge in [0, 0.05) is 5.69 Å². The van der Waals surface area contributed by atoms with Gasteiger partial charge >= 0.3 is 6.16 Å². The molecular formula is C18H21NO3. The summed E-state index contributed by atoms with van der Waals surface area (Å²) < 4.78 is 10.2. The molecule has 0 spiro atoms. The van der Waals surface area contributed by atoms with E-state index >= 15 is 0 Å². The Morgan fingerprint density at radius 3 is 2.14 bits per heavy atom. The average molecular weight is 299 g/mol. The van der Waals surface area contributed by atoms with Crippen molar-refractivity contribution in [3.63, 3.8) is 0 Å². The van der Waals surface area contributed by atoms with Crippen LogP contribution in [-0.2, 0) is 4.74 Å². The van der Waals surface area contributed by atoms with E-state index in [1.165, 1.54) is 0 Å². The molecule has 2 aromatic rings. The Balaban J connectivity index is 2.10. The Bertz CT molecular complexity index is 670. The zero-order valence-corrected chi connectivity index (χ0v) is 13.3. The number of aryl methyl sites for hydroxylation is 1. The van der Waals surface area contributed by atoms with Crippen molar-refractivity contribution >= 4 is 11.8 Å². The summed E-state index contributed by atoms with van der Waals surface area (Å²) in [5, 5.41) is 0. The molecule has 0 saturated carbocycles. The Labute approximate surface area is 130 Å². The SMILES string of the molecule is Cc1ccc(-c2ccc(OC(=O)OC(C)(C)C)cc2)cc1N. The minimum Gasteiger partial charge on any atom is -0.428 e. The zero-order chi connectivity index (χ0) is 16.3. The van der Waals surface area contributed by atoms with Crippen molar-refractivity contribution in [2.24, 2.45) is 0 Å². The first-order valence-electron chi connectivity index (χ1n) is 7.12. The fraction of sp³-hybridized carbons (Fsp3) is 0.278. The van der Waals surface area contributed by atoms with Gasteiger partial charge in [-0.15, -0.1) is 0 Å². The molecule has 0 fully saturated rings. The van der Waals surface area contributed by atoms with Crippen molar-refractivity contribution in [2.75, 3.05) is 5.73 Å². The van der Waals surface area contributed by atoms with Crippen LogP contribution in [0.3, 0.4) is 0 Å². The number of ether oxygens (including phenoxy) is 2. The average Bonchev–Trinajstić information content (AvgIpc) is 2.40. The van der Waals surface area contributed by atoms with E-state index in [0.717, 1.165) is 22.4 Å². The van der Waals surface area contributed by atoms with Crippen LogP contribution in [-0.4, -0.2) is 11.8 Å². The first-order valence-corrected chi connectivity index (χ1v) is 7.12. The summed E-state index contributed by atoms with van der Waals surface area (Å²) in [6.07, 6.45) is -0.708. The highest BCUT2D eigenvalue weighted by molar-refractivity contribution is 5.70. The van der Waals surface area contributed by atoms with Crippen LogP contribution >= 0.6 is 0 Å². The van der Waals surface area contributed by atoms with Gasteiger partial charge in [-0.3, -0.25) is 0 Å². The number of carbonyl (C=O) groups excluding carboxylic acids is 1. The minimum absolute atomic E-state index is 0.443. The van der Waals surface area contributed by atoms with Gasteiger partial charge in [0.15, 0.2) is 0 Å². The highest BCUT2D eigenvalue weighted by atomic mass is 16.7. The molecule has 0 atom stereocenters. The van der Waals surface area contributed by atoms with Crippen molar-refractivity contribution in [3.8, 4) is 16.9 Å². The second kappa shape index (κ2) is 6.10. The summed E-state index contributed by atoms with van der Waals surface area (Å²) in [6, 6.07) is 13.1. The fourth-order valence-corrected chi connectivity index (χ4v) is 1.90. The molecule has 2 N–H and O–H groups in total. The Morgan fingerprint density at radius 1 is 1.00 bits per heavy atom. The molecule has 0 radical (unpaired) electrons. The van der Waals surface area contributed by atoms with E-state index in [-0.39, 0.29) is 0 Å². The molecule has 0 amide bonds. The van der Waals surface area contributed by atoms with Crippen LogP contribution in [0.2, 0.25) is 0 Å². The number of hydrogen-bond donors (Lipinski definition) is 1. The van der Waals surface area contributed by atoms with Gasteiger partial charge in [0.05, 0.1) is 0 Å². The quantitative estimate of drug-likeness (QED) is 0.501. The second-order valence-electron chi connectivity index (χ2n) is 6.16. The van der Waals surface area contributed by atoms with Crippen molar-refractivity contribution in [1.29, 1.82) is 0 Å². The number of benzene rings is 2. The van der Waals surface area contributed by atoms with Crippen LogP contribution in [0.25, 0.3) is 11.1 Å². The monoisotopic (exact) mass is 299 g/mol. The van der Waals surface area contributed by atoms with Crippen molar-refractivity contribution in [3.05, 3.63) is 48.0 Å². The van der Waals surface area contributed by atoms with Gasteiger partial charge in [-0.1, -0.05) is 24.3 Å². The molecule has 2 aromatic carbocycles. The van der Waals surface area contributed by atoms with E-state index in [4.69, 9.17) is 15.2 Å². The van der Waals surface area contributed by atoms with Crippen LogP contribution in [0.1, 0.15) is 26.3 Å². The molecule has 0 aliphatic rings. The standard InChI is InChI=1S/C18H21NO3/c1-12-5-6-14(11-16(12)19)13-7-9-15(10-8-13)21-17(20)22-18(2,3)4/h5-11H,19H2,1-4H3. The summed E-state index contributed by atoms with van der Waals surface area (Å²) in [5.74, 6) is 0.443. The molecule has 0 unspecified atom stereocenters. The van der Waals surface area contributed by atoms with Crippen molar-refractivity contribution in [1.82, 2.24) is 0 Å². The highest BCUT2D eigenvalue weighted by Gasteiger charge is 2.17. The summed E-state index contributed by atoms with van der Waals surface area (Å²) in [5.41, 5.74) is 9.18. The van der Waals surface area contributed by atoms with Gasteiger partial charge in [-0.2, -0.15) is 0 Å². The van der Waals surface area contributed by atoms with Crippen molar-refractivity contribution < 1.29 is 14.3 Å².